The number of hydrogen-bond acceptors (Lipinski definition) is 3. The molecule has 3 nitrogen and oxygen atoms in total. The highest BCUT2D eigenvalue weighted by Gasteiger charge is 2.04. The number of hydrogen-bond donors (Lipinski definition) is 1. The van der Waals surface area contributed by atoms with Crippen LogP contribution in [-0.2, 0) is 11.2 Å². The van der Waals surface area contributed by atoms with Crippen molar-refractivity contribution in [3.8, 4) is 0 Å². The Morgan fingerprint density at radius 1 is 1.40 bits per heavy atom. The molecule has 0 aliphatic rings. The fourth-order valence-corrected chi connectivity index (χ4v) is 1.28. The SMILES string of the molecule is COC(=O)c1ccc(CCC(O)=S)cc1. The van der Waals surface area contributed by atoms with Gasteiger partial charge in [-0.05, 0) is 36.3 Å². The van der Waals surface area contributed by atoms with Crippen molar-refractivity contribution in [1.82, 2.24) is 0 Å². The van der Waals surface area contributed by atoms with E-state index in [4.69, 9.17) is 5.11 Å². The molecular formula is C11H12O3S. The van der Waals surface area contributed by atoms with E-state index < -0.39 is 0 Å². The van der Waals surface area contributed by atoms with Crippen molar-refractivity contribution < 1.29 is 14.6 Å². The molecule has 1 aromatic rings. The summed E-state index contributed by atoms with van der Waals surface area (Å²) >= 11 is 4.56. The number of benzene rings is 1. The van der Waals surface area contributed by atoms with E-state index in [-0.39, 0.29) is 11.0 Å². The Morgan fingerprint density at radius 2 is 2.00 bits per heavy atom. The number of esters is 1. The maximum atomic E-state index is 11.1. The Hall–Kier alpha value is -1.42. The van der Waals surface area contributed by atoms with Crippen molar-refractivity contribution in [3.05, 3.63) is 35.4 Å². The van der Waals surface area contributed by atoms with Crippen molar-refractivity contribution >= 4 is 23.2 Å². The molecule has 0 fully saturated rings. The second-order valence-corrected chi connectivity index (χ2v) is 3.55. The number of methoxy groups -OCH3 is 1. The van der Waals surface area contributed by atoms with Crippen molar-refractivity contribution in [2.24, 2.45) is 0 Å². The highest BCUT2D eigenvalue weighted by molar-refractivity contribution is 7.80. The summed E-state index contributed by atoms with van der Waals surface area (Å²) in [6, 6.07) is 7.04. The summed E-state index contributed by atoms with van der Waals surface area (Å²) in [5, 5.41) is 8.86. The van der Waals surface area contributed by atoms with Crippen molar-refractivity contribution in [3.63, 3.8) is 0 Å². The quantitative estimate of drug-likeness (QED) is 0.629. The summed E-state index contributed by atoms with van der Waals surface area (Å²) < 4.78 is 4.57. The zero-order chi connectivity index (χ0) is 11.3. The molecule has 4 heteroatoms. The molecule has 0 amide bonds. The third-order valence-electron chi connectivity index (χ3n) is 2.00. The monoisotopic (exact) mass is 224 g/mol. The number of thiocarbonyl (C=S) groups is 1. The molecule has 0 heterocycles. The lowest BCUT2D eigenvalue weighted by atomic mass is 10.1. The van der Waals surface area contributed by atoms with Crippen molar-refractivity contribution in [1.29, 1.82) is 0 Å². The molecule has 0 bridgehead atoms. The first-order chi connectivity index (χ1) is 7.13. The number of carbonyl (C=O) groups excluding carboxylic acids is 1. The van der Waals surface area contributed by atoms with Crippen molar-refractivity contribution in [2.45, 2.75) is 12.8 Å². The standard InChI is InChI=1S/C11H12O3S/c1-14-11(13)9-5-2-8(3-6-9)4-7-10(12)15/h2-3,5-6H,4,7H2,1H3,(H,12,15). The zero-order valence-electron chi connectivity index (χ0n) is 8.40. The minimum atomic E-state index is -0.348. The van der Waals surface area contributed by atoms with Gasteiger partial charge < -0.3 is 9.84 Å². The lowest BCUT2D eigenvalue weighted by Crippen LogP contribution is -2.01. The summed E-state index contributed by atoms with van der Waals surface area (Å²) in [7, 11) is 1.35. The fourth-order valence-electron chi connectivity index (χ4n) is 1.18. The van der Waals surface area contributed by atoms with Crippen LogP contribution in [0.15, 0.2) is 24.3 Å². The van der Waals surface area contributed by atoms with E-state index in [2.05, 4.69) is 17.0 Å². The van der Waals surface area contributed by atoms with Gasteiger partial charge in [0.25, 0.3) is 0 Å². The first kappa shape index (κ1) is 11.7. The Morgan fingerprint density at radius 3 is 2.47 bits per heavy atom. The molecule has 0 aliphatic carbocycles. The van der Waals surface area contributed by atoms with Gasteiger partial charge in [0.2, 0.25) is 0 Å². The average Bonchev–Trinajstić information content (AvgIpc) is 2.26. The Labute approximate surface area is 93.7 Å². The predicted octanol–water partition coefficient (Wildman–Crippen LogP) is 2.29. The van der Waals surface area contributed by atoms with Gasteiger partial charge in [0.05, 0.1) is 12.7 Å². The molecule has 80 valence electrons. The molecular weight excluding hydrogens is 212 g/mol. The molecule has 1 aromatic carbocycles. The average molecular weight is 224 g/mol. The van der Waals surface area contributed by atoms with E-state index >= 15 is 0 Å². The predicted molar refractivity (Wildman–Crippen MR) is 61.3 cm³/mol. The molecule has 0 saturated carbocycles. The van der Waals surface area contributed by atoms with Crippen LogP contribution < -0.4 is 0 Å². The number of aliphatic hydroxyl groups is 1. The molecule has 0 spiro atoms. The van der Waals surface area contributed by atoms with Crippen LogP contribution in [0.3, 0.4) is 0 Å². The van der Waals surface area contributed by atoms with Gasteiger partial charge in [-0.1, -0.05) is 12.1 Å². The highest BCUT2D eigenvalue weighted by atomic mass is 32.1. The molecule has 0 unspecified atom stereocenters. The zero-order valence-corrected chi connectivity index (χ0v) is 9.21. The van der Waals surface area contributed by atoms with Crippen LogP contribution in [0.1, 0.15) is 22.3 Å². The van der Waals surface area contributed by atoms with Crippen molar-refractivity contribution in [2.75, 3.05) is 7.11 Å². The molecule has 1 rings (SSSR count). The number of aryl methyl sites for hydroxylation is 1. The molecule has 15 heavy (non-hydrogen) atoms. The number of aliphatic hydroxyl groups excluding tert-OH is 1. The number of rotatable bonds is 4. The van der Waals surface area contributed by atoms with E-state index in [0.717, 1.165) is 5.56 Å². The third-order valence-corrected chi connectivity index (χ3v) is 2.21. The van der Waals surface area contributed by atoms with E-state index in [0.29, 0.717) is 18.4 Å². The summed E-state index contributed by atoms with van der Waals surface area (Å²) in [4.78, 5) is 11.1. The molecule has 1 N–H and O–H groups in total. The minimum absolute atomic E-state index is 0.00652. The van der Waals surface area contributed by atoms with Gasteiger partial charge in [-0.3, -0.25) is 0 Å². The summed E-state index contributed by atoms with van der Waals surface area (Å²) in [6.45, 7) is 0. The third kappa shape index (κ3) is 3.67. The van der Waals surface area contributed by atoms with Gasteiger partial charge in [0.15, 0.2) is 5.05 Å². The van der Waals surface area contributed by atoms with Crippen LogP contribution in [0, 0.1) is 0 Å². The first-order valence-corrected chi connectivity index (χ1v) is 4.93. The lowest BCUT2D eigenvalue weighted by molar-refractivity contribution is 0.0600. The second-order valence-electron chi connectivity index (χ2n) is 3.08. The van der Waals surface area contributed by atoms with Gasteiger partial charge in [-0.15, -0.1) is 0 Å². The number of ether oxygens (including phenoxy) is 1. The minimum Gasteiger partial charge on any atom is -0.502 e. The molecule has 0 atom stereocenters. The van der Waals surface area contributed by atoms with E-state index in [9.17, 15) is 4.79 Å². The van der Waals surface area contributed by atoms with Gasteiger partial charge in [0.1, 0.15) is 0 Å². The van der Waals surface area contributed by atoms with Gasteiger partial charge in [-0.2, -0.15) is 0 Å². The Bertz CT molecular complexity index is 357. The Balaban J connectivity index is 2.64. The summed E-state index contributed by atoms with van der Waals surface area (Å²) in [5.74, 6) is -0.348. The summed E-state index contributed by atoms with van der Waals surface area (Å²) in [6.07, 6.45) is 1.14. The number of carbonyl (C=O) groups is 1. The van der Waals surface area contributed by atoms with Crippen LogP contribution in [0.2, 0.25) is 0 Å². The van der Waals surface area contributed by atoms with Crippen LogP contribution in [0.4, 0.5) is 0 Å². The summed E-state index contributed by atoms with van der Waals surface area (Å²) in [5.41, 5.74) is 1.55. The Kier molecular flexibility index (Phi) is 4.24. The largest absolute Gasteiger partial charge is 0.502 e. The van der Waals surface area contributed by atoms with E-state index in [1.165, 1.54) is 7.11 Å². The fraction of sp³-hybridized carbons (Fsp3) is 0.273. The molecule has 0 radical (unpaired) electrons. The second kappa shape index (κ2) is 5.46. The van der Waals surface area contributed by atoms with Gasteiger partial charge in [-0.25, -0.2) is 4.79 Å². The molecule has 0 aliphatic heterocycles. The maximum Gasteiger partial charge on any atom is 0.337 e. The molecule has 0 aromatic heterocycles. The van der Waals surface area contributed by atoms with Crippen LogP contribution >= 0.6 is 12.2 Å². The van der Waals surface area contributed by atoms with Gasteiger partial charge >= 0.3 is 5.97 Å². The van der Waals surface area contributed by atoms with E-state index in [1.54, 1.807) is 12.1 Å². The first-order valence-electron chi connectivity index (χ1n) is 4.52. The topological polar surface area (TPSA) is 46.5 Å². The van der Waals surface area contributed by atoms with Gasteiger partial charge in [0, 0.05) is 6.42 Å². The molecule has 0 saturated heterocycles. The van der Waals surface area contributed by atoms with E-state index in [1.807, 2.05) is 12.1 Å². The lowest BCUT2D eigenvalue weighted by Gasteiger charge is -2.02. The smallest absolute Gasteiger partial charge is 0.337 e. The van der Waals surface area contributed by atoms with Crippen LogP contribution in [0.5, 0.6) is 0 Å². The maximum absolute atomic E-state index is 11.1. The van der Waals surface area contributed by atoms with Crippen LogP contribution in [-0.4, -0.2) is 23.2 Å². The highest BCUT2D eigenvalue weighted by Crippen LogP contribution is 2.08. The normalized spacial score (nSPS) is 9.67. The van der Waals surface area contributed by atoms with Crippen LogP contribution in [0.25, 0.3) is 0 Å².